The molecule has 2 aliphatic heterocycles. The van der Waals surface area contributed by atoms with E-state index in [9.17, 15) is 9.90 Å². The van der Waals surface area contributed by atoms with Crippen LogP contribution in [0.25, 0.3) is 0 Å². The molecule has 6 nitrogen and oxygen atoms in total. The van der Waals surface area contributed by atoms with Crippen molar-refractivity contribution in [2.45, 2.75) is 25.0 Å². The fourth-order valence-electron chi connectivity index (χ4n) is 3.69. The first-order valence-corrected chi connectivity index (χ1v) is 9.08. The third-order valence-electron chi connectivity index (χ3n) is 5.41. The molecule has 2 atom stereocenters. The lowest BCUT2D eigenvalue weighted by molar-refractivity contribution is -0.130. The highest BCUT2D eigenvalue weighted by molar-refractivity contribution is 5.77. The zero-order valence-corrected chi connectivity index (χ0v) is 15.2. The number of nitrogens with zero attached hydrogens (tertiary/aromatic N) is 3. The van der Waals surface area contributed by atoms with Gasteiger partial charge in [0.25, 0.3) is 0 Å². The topological polar surface area (TPSA) is 56.2 Å². The number of ether oxygens (including phenoxy) is 1. The Morgan fingerprint density at radius 2 is 1.84 bits per heavy atom. The normalized spacial score (nSPS) is 25.3. The fraction of sp³-hybridized carbons (Fsp3) is 0.632. The van der Waals surface area contributed by atoms with Crippen LogP contribution in [0.3, 0.4) is 0 Å². The monoisotopic (exact) mass is 347 g/mol. The minimum atomic E-state index is -0.437. The molecular weight excluding hydrogens is 318 g/mol. The molecule has 0 aromatic heterocycles. The average molecular weight is 347 g/mol. The Morgan fingerprint density at radius 3 is 2.48 bits per heavy atom. The first-order chi connectivity index (χ1) is 12.1. The SMILES string of the molecule is COc1ccc(CCC(=O)N2C[C@H](O)[C@@H](N3CCN(C)CC3)C2)cc1. The van der Waals surface area contributed by atoms with Crippen molar-refractivity contribution < 1.29 is 14.6 Å². The predicted molar refractivity (Wildman–Crippen MR) is 96.8 cm³/mol. The molecule has 2 fully saturated rings. The molecule has 0 radical (unpaired) electrons. The molecule has 3 rings (SSSR count). The number of piperazine rings is 1. The molecule has 2 saturated heterocycles. The zero-order valence-electron chi connectivity index (χ0n) is 15.2. The van der Waals surface area contributed by atoms with E-state index < -0.39 is 6.10 Å². The molecule has 1 aromatic carbocycles. The first-order valence-electron chi connectivity index (χ1n) is 9.08. The maximum absolute atomic E-state index is 12.5. The number of hydrogen-bond acceptors (Lipinski definition) is 5. The quantitative estimate of drug-likeness (QED) is 0.838. The van der Waals surface area contributed by atoms with Gasteiger partial charge in [-0.25, -0.2) is 0 Å². The van der Waals surface area contributed by atoms with Gasteiger partial charge in [0.2, 0.25) is 5.91 Å². The van der Waals surface area contributed by atoms with Crippen LogP contribution in [0.2, 0.25) is 0 Å². The van der Waals surface area contributed by atoms with Crippen LogP contribution in [-0.2, 0) is 11.2 Å². The molecule has 0 saturated carbocycles. The number of aryl methyl sites for hydroxylation is 1. The van der Waals surface area contributed by atoms with E-state index in [1.165, 1.54) is 0 Å². The average Bonchev–Trinajstić information content (AvgIpc) is 3.02. The lowest BCUT2D eigenvalue weighted by Crippen LogP contribution is -2.52. The molecule has 1 amide bonds. The van der Waals surface area contributed by atoms with Crippen LogP contribution in [0.1, 0.15) is 12.0 Å². The lowest BCUT2D eigenvalue weighted by Gasteiger charge is -2.37. The first kappa shape index (κ1) is 18.2. The number of β-amino-alcohol motifs (C(OH)–C–C–N with tert-alkyl or cyclic N) is 1. The van der Waals surface area contributed by atoms with Crippen molar-refractivity contribution in [3.8, 4) is 5.75 Å². The van der Waals surface area contributed by atoms with Crippen LogP contribution >= 0.6 is 0 Å². The molecule has 2 heterocycles. The summed E-state index contributed by atoms with van der Waals surface area (Å²) in [4.78, 5) is 19.0. The molecule has 25 heavy (non-hydrogen) atoms. The predicted octanol–water partition coefficient (Wildman–Crippen LogP) is 0.447. The van der Waals surface area contributed by atoms with E-state index in [0.29, 0.717) is 25.9 Å². The number of likely N-dealkylation sites (tertiary alicyclic amines) is 1. The highest BCUT2D eigenvalue weighted by atomic mass is 16.5. The summed E-state index contributed by atoms with van der Waals surface area (Å²) in [6.45, 7) is 5.08. The molecule has 6 heteroatoms. The number of hydrogen-bond donors (Lipinski definition) is 1. The summed E-state index contributed by atoms with van der Waals surface area (Å²) in [6.07, 6.45) is 0.761. The van der Waals surface area contributed by atoms with Crippen molar-refractivity contribution in [2.24, 2.45) is 0 Å². The summed E-state index contributed by atoms with van der Waals surface area (Å²) < 4.78 is 5.15. The van der Waals surface area contributed by atoms with Crippen molar-refractivity contribution in [2.75, 3.05) is 53.4 Å². The summed E-state index contributed by atoms with van der Waals surface area (Å²) in [6, 6.07) is 7.92. The molecule has 1 N–H and O–H groups in total. The van der Waals surface area contributed by atoms with Gasteiger partial charge < -0.3 is 19.6 Å². The Bertz CT molecular complexity index is 570. The number of likely N-dealkylation sites (N-methyl/N-ethyl adjacent to an activating group) is 1. The van der Waals surface area contributed by atoms with Crippen LogP contribution in [0.4, 0.5) is 0 Å². The van der Waals surface area contributed by atoms with E-state index in [1.807, 2.05) is 29.2 Å². The van der Waals surface area contributed by atoms with Gasteiger partial charge in [0.15, 0.2) is 0 Å². The summed E-state index contributed by atoms with van der Waals surface area (Å²) in [5, 5.41) is 10.4. The second kappa shape index (κ2) is 8.17. The van der Waals surface area contributed by atoms with Gasteiger partial charge in [0.05, 0.1) is 19.3 Å². The van der Waals surface area contributed by atoms with Gasteiger partial charge in [-0.3, -0.25) is 9.69 Å². The highest BCUT2D eigenvalue weighted by Crippen LogP contribution is 2.20. The van der Waals surface area contributed by atoms with Gasteiger partial charge in [-0.05, 0) is 31.2 Å². The lowest BCUT2D eigenvalue weighted by atomic mass is 10.1. The Balaban J connectivity index is 1.49. The maximum atomic E-state index is 12.5. The molecule has 0 aliphatic carbocycles. The van der Waals surface area contributed by atoms with E-state index >= 15 is 0 Å². The van der Waals surface area contributed by atoms with Crippen molar-refractivity contribution in [1.29, 1.82) is 0 Å². The van der Waals surface area contributed by atoms with Gasteiger partial charge >= 0.3 is 0 Å². The van der Waals surface area contributed by atoms with E-state index in [2.05, 4.69) is 16.8 Å². The zero-order chi connectivity index (χ0) is 17.8. The van der Waals surface area contributed by atoms with Gasteiger partial charge in [0, 0.05) is 45.7 Å². The number of benzene rings is 1. The molecule has 138 valence electrons. The minimum absolute atomic E-state index is 0.0821. The van der Waals surface area contributed by atoms with Gasteiger partial charge in [-0.1, -0.05) is 12.1 Å². The molecule has 0 spiro atoms. The standard InChI is InChI=1S/C19H29N3O3/c1-20-9-11-21(12-10-20)17-13-22(14-18(17)23)19(24)8-5-15-3-6-16(25-2)7-4-15/h3-4,6-7,17-18,23H,5,8-14H2,1-2H3/t17-,18-/m0/s1. The number of carbonyl (C=O) groups excluding carboxylic acids is 1. The van der Waals surface area contributed by atoms with Crippen LogP contribution in [0, 0.1) is 0 Å². The largest absolute Gasteiger partial charge is 0.497 e. The third kappa shape index (κ3) is 4.51. The van der Waals surface area contributed by atoms with Crippen LogP contribution in [0.5, 0.6) is 5.75 Å². The van der Waals surface area contributed by atoms with Crippen molar-refractivity contribution in [3.63, 3.8) is 0 Å². The Morgan fingerprint density at radius 1 is 1.16 bits per heavy atom. The van der Waals surface area contributed by atoms with Crippen molar-refractivity contribution in [3.05, 3.63) is 29.8 Å². The summed E-state index contributed by atoms with van der Waals surface area (Å²) >= 11 is 0. The molecular formula is C19H29N3O3. The van der Waals surface area contributed by atoms with Gasteiger partial charge in [-0.15, -0.1) is 0 Å². The Kier molecular flexibility index (Phi) is 5.93. The second-order valence-corrected chi connectivity index (χ2v) is 7.12. The fourth-order valence-corrected chi connectivity index (χ4v) is 3.69. The molecule has 0 unspecified atom stereocenters. The van der Waals surface area contributed by atoms with Gasteiger partial charge in [0.1, 0.15) is 5.75 Å². The molecule has 2 aliphatic rings. The smallest absolute Gasteiger partial charge is 0.223 e. The van der Waals surface area contributed by atoms with Gasteiger partial charge in [-0.2, -0.15) is 0 Å². The number of rotatable bonds is 5. The number of amides is 1. The summed E-state index contributed by atoms with van der Waals surface area (Å²) in [5.41, 5.74) is 1.13. The van der Waals surface area contributed by atoms with Crippen LogP contribution in [0.15, 0.2) is 24.3 Å². The second-order valence-electron chi connectivity index (χ2n) is 7.12. The number of aliphatic hydroxyl groups excluding tert-OH is 1. The number of aliphatic hydroxyl groups is 1. The molecule has 1 aromatic rings. The van der Waals surface area contributed by atoms with Crippen LogP contribution < -0.4 is 4.74 Å². The van der Waals surface area contributed by atoms with Crippen LogP contribution in [-0.4, -0.2) is 91.3 Å². The maximum Gasteiger partial charge on any atom is 0.223 e. The van der Waals surface area contributed by atoms with E-state index in [4.69, 9.17) is 4.74 Å². The number of carbonyl (C=O) groups is 1. The van der Waals surface area contributed by atoms with Crippen molar-refractivity contribution >= 4 is 5.91 Å². The van der Waals surface area contributed by atoms with E-state index in [1.54, 1.807) is 7.11 Å². The minimum Gasteiger partial charge on any atom is -0.497 e. The molecule has 0 bridgehead atoms. The van der Waals surface area contributed by atoms with E-state index in [-0.39, 0.29) is 11.9 Å². The third-order valence-corrected chi connectivity index (χ3v) is 5.41. The number of methoxy groups -OCH3 is 1. The summed E-state index contributed by atoms with van der Waals surface area (Å²) in [5.74, 6) is 0.958. The highest BCUT2D eigenvalue weighted by Gasteiger charge is 2.38. The summed E-state index contributed by atoms with van der Waals surface area (Å²) in [7, 11) is 3.77. The van der Waals surface area contributed by atoms with E-state index in [0.717, 1.165) is 37.5 Å². The Labute approximate surface area is 150 Å². The van der Waals surface area contributed by atoms with Crippen molar-refractivity contribution in [1.82, 2.24) is 14.7 Å². The Hall–Kier alpha value is -1.63.